The molecular formula is C18H16ClN3O. The van der Waals surface area contributed by atoms with E-state index in [0.717, 1.165) is 41.5 Å². The van der Waals surface area contributed by atoms with Gasteiger partial charge in [-0.3, -0.25) is 0 Å². The van der Waals surface area contributed by atoms with Gasteiger partial charge in [0.2, 0.25) is 0 Å². The molecule has 1 aliphatic rings. The molecule has 116 valence electrons. The minimum atomic E-state index is 0.657. The van der Waals surface area contributed by atoms with Crippen LogP contribution in [0.1, 0.15) is 5.56 Å². The number of ether oxygens (including phenoxy) is 1. The molecule has 0 unspecified atom stereocenters. The van der Waals surface area contributed by atoms with E-state index in [0.29, 0.717) is 5.02 Å². The molecule has 2 aromatic carbocycles. The normalized spacial score (nSPS) is 12.8. The third-order valence-corrected chi connectivity index (χ3v) is 4.30. The fourth-order valence-corrected chi connectivity index (χ4v) is 3.17. The molecule has 0 fully saturated rings. The molecule has 0 aliphatic carbocycles. The van der Waals surface area contributed by atoms with E-state index < -0.39 is 0 Å². The average molecular weight is 326 g/mol. The summed E-state index contributed by atoms with van der Waals surface area (Å²) < 4.78 is 7.38. The van der Waals surface area contributed by atoms with E-state index >= 15 is 0 Å². The zero-order valence-electron chi connectivity index (χ0n) is 12.7. The summed E-state index contributed by atoms with van der Waals surface area (Å²) in [5, 5.41) is 8.92. The maximum Gasteiger partial charge on any atom is 0.144 e. The van der Waals surface area contributed by atoms with Crippen LogP contribution in [0.4, 0.5) is 5.82 Å². The predicted octanol–water partition coefficient (Wildman–Crippen LogP) is 4.17. The number of nitrogens with zero attached hydrogens (tertiary/aromatic N) is 2. The third kappa shape index (κ3) is 2.35. The first kappa shape index (κ1) is 14.2. The molecule has 1 aliphatic heterocycles. The molecule has 0 saturated carbocycles. The highest BCUT2D eigenvalue weighted by atomic mass is 35.5. The highest BCUT2D eigenvalue weighted by Gasteiger charge is 2.25. The fourth-order valence-electron chi connectivity index (χ4n) is 3.01. The van der Waals surface area contributed by atoms with Crippen LogP contribution < -0.4 is 10.1 Å². The second-order valence-electron chi connectivity index (χ2n) is 5.45. The Labute approximate surface area is 139 Å². The Balaban J connectivity index is 1.93. The van der Waals surface area contributed by atoms with E-state index in [1.807, 2.05) is 41.1 Å². The minimum absolute atomic E-state index is 0.657. The summed E-state index contributed by atoms with van der Waals surface area (Å²) in [4.78, 5) is 0. The first-order chi connectivity index (χ1) is 11.3. The van der Waals surface area contributed by atoms with Crippen molar-refractivity contribution in [3.8, 4) is 22.7 Å². The summed E-state index contributed by atoms with van der Waals surface area (Å²) in [6.45, 7) is 0.913. The van der Waals surface area contributed by atoms with Crippen molar-refractivity contribution in [3.05, 3.63) is 59.1 Å². The summed E-state index contributed by atoms with van der Waals surface area (Å²) >= 11 is 6.18. The highest BCUT2D eigenvalue weighted by molar-refractivity contribution is 6.30. The molecule has 1 aromatic heterocycles. The SMILES string of the molecule is COc1ccc(Cl)cc1-n1nc(-c2ccccc2)c2c1NCC2. The lowest BCUT2D eigenvalue weighted by Crippen LogP contribution is -2.05. The number of nitrogens with one attached hydrogen (secondary N) is 1. The van der Waals surface area contributed by atoms with Gasteiger partial charge in [0, 0.05) is 22.7 Å². The van der Waals surface area contributed by atoms with Gasteiger partial charge in [0.05, 0.1) is 12.8 Å². The summed E-state index contributed by atoms with van der Waals surface area (Å²) in [6, 6.07) is 15.8. The summed E-state index contributed by atoms with van der Waals surface area (Å²) in [5.41, 5.74) is 4.20. The van der Waals surface area contributed by atoms with Crippen LogP contribution in [0.3, 0.4) is 0 Å². The topological polar surface area (TPSA) is 39.1 Å². The van der Waals surface area contributed by atoms with Gasteiger partial charge in [0.1, 0.15) is 17.3 Å². The Kier molecular flexibility index (Phi) is 3.46. The van der Waals surface area contributed by atoms with Crippen molar-refractivity contribution in [3.63, 3.8) is 0 Å². The molecule has 0 saturated heterocycles. The second kappa shape index (κ2) is 5.63. The van der Waals surface area contributed by atoms with E-state index in [1.165, 1.54) is 5.56 Å². The molecular weight excluding hydrogens is 310 g/mol. The van der Waals surface area contributed by atoms with Gasteiger partial charge in [0.25, 0.3) is 0 Å². The zero-order valence-corrected chi connectivity index (χ0v) is 13.5. The van der Waals surface area contributed by atoms with Gasteiger partial charge in [-0.15, -0.1) is 0 Å². The Bertz CT molecular complexity index is 858. The lowest BCUT2D eigenvalue weighted by molar-refractivity contribution is 0.412. The predicted molar refractivity (Wildman–Crippen MR) is 92.8 cm³/mol. The summed E-state index contributed by atoms with van der Waals surface area (Å²) in [7, 11) is 1.65. The Morgan fingerprint density at radius 1 is 1.17 bits per heavy atom. The summed E-state index contributed by atoms with van der Waals surface area (Å²) in [5.74, 6) is 1.76. The van der Waals surface area contributed by atoms with Crippen LogP contribution in [-0.2, 0) is 6.42 Å². The molecule has 3 aromatic rings. The van der Waals surface area contributed by atoms with E-state index in [-0.39, 0.29) is 0 Å². The maximum absolute atomic E-state index is 6.18. The van der Waals surface area contributed by atoms with Crippen LogP contribution >= 0.6 is 11.6 Å². The van der Waals surface area contributed by atoms with Crippen molar-refractivity contribution in [1.82, 2.24) is 9.78 Å². The molecule has 4 rings (SSSR count). The Hall–Kier alpha value is -2.46. The Morgan fingerprint density at radius 2 is 2.00 bits per heavy atom. The van der Waals surface area contributed by atoms with Gasteiger partial charge in [-0.25, -0.2) is 4.68 Å². The first-order valence-corrected chi connectivity index (χ1v) is 7.91. The first-order valence-electron chi connectivity index (χ1n) is 7.53. The lowest BCUT2D eigenvalue weighted by atomic mass is 10.1. The van der Waals surface area contributed by atoms with Crippen molar-refractivity contribution in [2.75, 3.05) is 19.0 Å². The number of rotatable bonds is 3. The number of benzene rings is 2. The quantitative estimate of drug-likeness (QED) is 0.785. The average Bonchev–Trinajstić information content (AvgIpc) is 3.18. The molecule has 2 heterocycles. The van der Waals surface area contributed by atoms with Gasteiger partial charge in [-0.2, -0.15) is 5.10 Å². The van der Waals surface area contributed by atoms with Crippen molar-refractivity contribution in [1.29, 1.82) is 0 Å². The number of halogens is 1. The molecule has 0 spiro atoms. The standard InChI is InChI=1S/C18H16ClN3O/c1-23-16-8-7-13(19)11-15(16)22-18-14(9-10-20-18)17(21-22)12-5-3-2-4-6-12/h2-8,11,20H,9-10H2,1H3. The monoisotopic (exact) mass is 325 g/mol. The van der Waals surface area contributed by atoms with Crippen molar-refractivity contribution in [2.45, 2.75) is 6.42 Å². The zero-order chi connectivity index (χ0) is 15.8. The number of hydrogen-bond donors (Lipinski definition) is 1. The van der Waals surface area contributed by atoms with Crippen LogP contribution in [-0.4, -0.2) is 23.4 Å². The largest absolute Gasteiger partial charge is 0.494 e. The smallest absolute Gasteiger partial charge is 0.144 e. The van der Waals surface area contributed by atoms with E-state index in [1.54, 1.807) is 7.11 Å². The molecule has 0 atom stereocenters. The van der Waals surface area contributed by atoms with Crippen LogP contribution in [0.2, 0.25) is 5.02 Å². The van der Waals surface area contributed by atoms with E-state index in [9.17, 15) is 0 Å². The summed E-state index contributed by atoms with van der Waals surface area (Å²) in [6.07, 6.45) is 0.961. The number of aromatic nitrogens is 2. The van der Waals surface area contributed by atoms with Crippen molar-refractivity contribution < 1.29 is 4.74 Å². The van der Waals surface area contributed by atoms with E-state index in [4.69, 9.17) is 21.4 Å². The molecule has 23 heavy (non-hydrogen) atoms. The third-order valence-electron chi connectivity index (χ3n) is 4.07. The molecule has 5 heteroatoms. The van der Waals surface area contributed by atoms with Crippen LogP contribution in [0.25, 0.3) is 16.9 Å². The molecule has 1 N–H and O–H groups in total. The van der Waals surface area contributed by atoms with E-state index in [2.05, 4.69) is 17.4 Å². The van der Waals surface area contributed by atoms with Gasteiger partial charge in [0.15, 0.2) is 0 Å². The van der Waals surface area contributed by atoms with Crippen LogP contribution in [0.5, 0.6) is 5.75 Å². The van der Waals surface area contributed by atoms with Crippen molar-refractivity contribution in [2.24, 2.45) is 0 Å². The van der Waals surface area contributed by atoms with Gasteiger partial charge in [-0.05, 0) is 24.6 Å². The lowest BCUT2D eigenvalue weighted by Gasteiger charge is -2.11. The van der Waals surface area contributed by atoms with Crippen LogP contribution in [0, 0.1) is 0 Å². The molecule has 0 bridgehead atoms. The molecule has 4 nitrogen and oxygen atoms in total. The second-order valence-corrected chi connectivity index (χ2v) is 5.88. The van der Waals surface area contributed by atoms with Crippen LogP contribution in [0.15, 0.2) is 48.5 Å². The number of hydrogen-bond acceptors (Lipinski definition) is 3. The van der Waals surface area contributed by atoms with Gasteiger partial charge < -0.3 is 10.1 Å². The number of methoxy groups -OCH3 is 1. The fraction of sp³-hybridized carbons (Fsp3) is 0.167. The minimum Gasteiger partial charge on any atom is -0.494 e. The van der Waals surface area contributed by atoms with Crippen molar-refractivity contribution >= 4 is 17.4 Å². The van der Waals surface area contributed by atoms with Gasteiger partial charge >= 0.3 is 0 Å². The number of fused-ring (bicyclic) bond motifs is 1. The maximum atomic E-state index is 6.18. The number of anilines is 1. The molecule has 0 radical (unpaired) electrons. The van der Waals surface area contributed by atoms with Gasteiger partial charge in [-0.1, -0.05) is 41.9 Å². The Morgan fingerprint density at radius 3 is 2.78 bits per heavy atom. The molecule has 0 amide bonds. The highest BCUT2D eigenvalue weighted by Crippen LogP contribution is 2.37.